The fourth-order valence-electron chi connectivity index (χ4n) is 3.05. The first-order chi connectivity index (χ1) is 13.0. The molecule has 2 heterocycles. The number of carbonyl (C=O) groups is 1. The molecule has 140 valence electrons. The third-order valence-electron chi connectivity index (χ3n) is 4.22. The van der Waals surface area contributed by atoms with Crippen LogP contribution in [0, 0.1) is 13.8 Å². The highest BCUT2D eigenvalue weighted by atomic mass is 32.2. The van der Waals surface area contributed by atoms with Crippen LogP contribution in [0.4, 0.5) is 5.69 Å². The summed E-state index contributed by atoms with van der Waals surface area (Å²) in [7, 11) is 1.60. The summed E-state index contributed by atoms with van der Waals surface area (Å²) in [6.07, 6.45) is 5.51. The van der Waals surface area contributed by atoms with Crippen LogP contribution in [0.5, 0.6) is 5.88 Å². The van der Waals surface area contributed by atoms with E-state index in [4.69, 9.17) is 10.5 Å². The summed E-state index contributed by atoms with van der Waals surface area (Å²) in [4.78, 5) is 18.3. The standard InChI is InChI=1S/C21H23N3O2S/c1-14-9-15(2)11-17(10-14)24-8-4-5-18(20(22)25)21(24)27-13-16-6-7-23-19(12-16)26-3/h4-7,9-12H,8,13H2,1-3H3,(H2,22,25). The number of carbonyl (C=O) groups excluding carboxylic acids is 1. The molecular weight excluding hydrogens is 358 g/mol. The highest BCUT2D eigenvalue weighted by Gasteiger charge is 2.22. The van der Waals surface area contributed by atoms with Crippen molar-refractivity contribution in [3.8, 4) is 5.88 Å². The second kappa shape index (κ2) is 8.31. The molecule has 5 nitrogen and oxygen atoms in total. The van der Waals surface area contributed by atoms with Crippen LogP contribution in [0.1, 0.15) is 16.7 Å². The van der Waals surface area contributed by atoms with E-state index in [0.29, 0.717) is 23.8 Å². The summed E-state index contributed by atoms with van der Waals surface area (Å²) in [5.41, 5.74) is 10.7. The van der Waals surface area contributed by atoms with Gasteiger partial charge in [0.25, 0.3) is 5.91 Å². The van der Waals surface area contributed by atoms with Crippen molar-refractivity contribution in [1.82, 2.24) is 4.98 Å². The number of primary amides is 1. The zero-order valence-corrected chi connectivity index (χ0v) is 16.5. The number of benzene rings is 1. The Morgan fingerprint density at radius 3 is 2.67 bits per heavy atom. The number of ether oxygens (including phenoxy) is 1. The van der Waals surface area contributed by atoms with Crippen LogP contribution in [-0.2, 0) is 10.5 Å². The summed E-state index contributed by atoms with van der Waals surface area (Å²) < 4.78 is 5.19. The Hall–Kier alpha value is -2.73. The lowest BCUT2D eigenvalue weighted by atomic mass is 10.1. The first-order valence-electron chi connectivity index (χ1n) is 8.66. The lowest BCUT2D eigenvalue weighted by Crippen LogP contribution is -2.29. The summed E-state index contributed by atoms with van der Waals surface area (Å²) in [6, 6.07) is 10.2. The molecule has 0 saturated heterocycles. The number of aromatic nitrogens is 1. The van der Waals surface area contributed by atoms with Gasteiger partial charge < -0.3 is 15.4 Å². The predicted molar refractivity (Wildman–Crippen MR) is 111 cm³/mol. The molecule has 2 N–H and O–H groups in total. The number of hydrogen-bond acceptors (Lipinski definition) is 5. The van der Waals surface area contributed by atoms with Crippen molar-refractivity contribution in [2.75, 3.05) is 18.6 Å². The van der Waals surface area contributed by atoms with E-state index in [1.807, 2.05) is 24.3 Å². The van der Waals surface area contributed by atoms with E-state index in [1.165, 1.54) is 11.1 Å². The molecule has 1 aromatic heterocycles. The van der Waals surface area contributed by atoms with Gasteiger partial charge in [0, 0.05) is 30.2 Å². The quantitative estimate of drug-likeness (QED) is 0.826. The van der Waals surface area contributed by atoms with Crippen LogP contribution in [0.3, 0.4) is 0 Å². The predicted octanol–water partition coefficient (Wildman–Crippen LogP) is 3.71. The Kier molecular flexibility index (Phi) is 5.86. The van der Waals surface area contributed by atoms with Gasteiger partial charge in [0.05, 0.1) is 17.7 Å². The Labute approximate surface area is 163 Å². The fraction of sp³-hybridized carbons (Fsp3) is 0.238. The number of pyridine rings is 1. The first kappa shape index (κ1) is 19.0. The van der Waals surface area contributed by atoms with Crippen LogP contribution < -0.4 is 15.4 Å². The molecule has 27 heavy (non-hydrogen) atoms. The lowest BCUT2D eigenvalue weighted by molar-refractivity contribution is -0.114. The first-order valence-corrected chi connectivity index (χ1v) is 9.64. The van der Waals surface area contributed by atoms with Crippen molar-refractivity contribution in [1.29, 1.82) is 0 Å². The fourth-order valence-corrected chi connectivity index (χ4v) is 4.19. The van der Waals surface area contributed by atoms with Crippen molar-refractivity contribution >= 4 is 23.4 Å². The number of amides is 1. The number of hydrogen-bond donors (Lipinski definition) is 1. The van der Waals surface area contributed by atoms with E-state index in [9.17, 15) is 4.79 Å². The molecule has 0 saturated carbocycles. The van der Waals surface area contributed by atoms with Gasteiger partial charge in [0.15, 0.2) is 0 Å². The normalized spacial score (nSPS) is 13.8. The molecule has 1 aromatic carbocycles. The molecule has 0 aliphatic carbocycles. The van der Waals surface area contributed by atoms with Crippen LogP contribution >= 0.6 is 11.8 Å². The maximum absolute atomic E-state index is 12.0. The highest BCUT2D eigenvalue weighted by molar-refractivity contribution is 8.02. The summed E-state index contributed by atoms with van der Waals surface area (Å²) in [5.74, 6) is 0.835. The number of rotatable bonds is 6. The zero-order valence-electron chi connectivity index (χ0n) is 15.7. The smallest absolute Gasteiger partial charge is 0.251 e. The Balaban J connectivity index is 1.94. The van der Waals surface area contributed by atoms with Crippen molar-refractivity contribution in [2.45, 2.75) is 19.6 Å². The monoisotopic (exact) mass is 381 g/mol. The minimum atomic E-state index is -0.421. The molecule has 1 aliphatic heterocycles. The average molecular weight is 382 g/mol. The van der Waals surface area contributed by atoms with E-state index in [-0.39, 0.29) is 0 Å². The second-order valence-corrected chi connectivity index (χ2v) is 7.40. The third-order valence-corrected chi connectivity index (χ3v) is 5.41. The van der Waals surface area contributed by atoms with E-state index >= 15 is 0 Å². The number of aryl methyl sites for hydroxylation is 2. The van der Waals surface area contributed by atoms with Gasteiger partial charge in [-0.15, -0.1) is 11.8 Å². The van der Waals surface area contributed by atoms with Crippen LogP contribution in [-0.4, -0.2) is 24.5 Å². The highest BCUT2D eigenvalue weighted by Crippen LogP contribution is 2.35. The minimum Gasteiger partial charge on any atom is -0.481 e. The van der Waals surface area contributed by atoms with E-state index < -0.39 is 5.91 Å². The number of anilines is 1. The Morgan fingerprint density at radius 1 is 1.26 bits per heavy atom. The molecule has 0 spiro atoms. The topological polar surface area (TPSA) is 68.5 Å². The number of nitrogens with zero attached hydrogens (tertiary/aromatic N) is 2. The third kappa shape index (κ3) is 4.52. The molecule has 0 atom stereocenters. The SMILES string of the molecule is COc1cc(CSC2=C(C(N)=O)C=CCN2c2cc(C)cc(C)c2)ccn1. The molecule has 0 fully saturated rings. The van der Waals surface area contributed by atoms with Gasteiger partial charge in [-0.1, -0.05) is 12.1 Å². The van der Waals surface area contributed by atoms with Gasteiger partial charge in [-0.2, -0.15) is 0 Å². The average Bonchev–Trinajstić information content (AvgIpc) is 2.65. The van der Waals surface area contributed by atoms with Gasteiger partial charge in [-0.3, -0.25) is 4.79 Å². The number of nitrogens with two attached hydrogens (primary N) is 1. The summed E-state index contributed by atoms with van der Waals surface area (Å²) in [5, 5.41) is 0.866. The van der Waals surface area contributed by atoms with Gasteiger partial charge in [-0.05, 0) is 54.8 Å². The summed E-state index contributed by atoms with van der Waals surface area (Å²) in [6.45, 7) is 4.85. The van der Waals surface area contributed by atoms with Gasteiger partial charge in [-0.25, -0.2) is 4.98 Å². The van der Waals surface area contributed by atoms with E-state index in [2.05, 4.69) is 41.9 Å². The van der Waals surface area contributed by atoms with Crippen molar-refractivity contribution in [3.63, 3.8) is 0 Å². The van der Waals surface area contributed by atoms with Crippen molar-refractivity contribution in [3.05, 3.63) is 76.0 Å². The Bertz CT molecular complexity index is 901. The van der Waals surface area contributed by atoms with Gasteiger partial charge >= 0.3 is 0 Å². The molecule has 0 unspecified atom stereocenters. The lowest BCUT2D eigenvalue weighted by Gasteiger charge is -2.30. The molecule has 0 radical (unpaired) electrons. The number of thioether (sulfide) groups is 1. The van der Waals surface area contributed by atoms with Crippen molar-refractivity contribution < 1.29 is 9.53 Å². The molecule has 0 bridgehead atoms. The maximum Gasteiger partial charge on any atom is 0.251 e. The molecule has 2 aromatic rings. The molecule has 1 amide bonds. The molecule has 3 rings (SSSR count). The van der Waals surface area contributed by atoms with E-state index in [0.717, 1.165) is 16.3 Å². The van der Waals surface area contributed by atoms with Crippen LogP contribution in [0.25, 0.3) is 0 Å². The van der Waals surface area contributed by atoms with Crippen LogP contribution in [0.2, 0.25) is 0 Å². The molecule has 1 aliphatic rings. The molecule has 6 heteroatoms. The van der Waals surface area contributed by atoms with Crippen molar-refractivity contribution in [2.24, 2.45) is 5.73 Å². The second-order valence-electron chi connectivity index (χ2n) is 6.44. The largest absolute Gasteiger partial charge is 0.481 e. The zero-order chi connectivity index (χ0) is 19.4. The van der Waals surface area contributed by atoms with Gasteiger partial charge in [0.1, 0.15) is 0 Å². The van der Waals surface area contributed by atoms with E-state index in [1.54, 1.807) is 25.1 Å². The minimum absolute atomic E-state index is 0.421. The van der Waals surface area contributed by atoms with Crippen LogP contribution in [0.15, 0.2) is 59.3 Å². The summed E-state index contributed by atoms with van der Waals surface area (Å²) >= 11 is 1.59. The van der Waals surface area contributed by atoms with Gasteiger partial charge in [0.2, 0.25) is 5.88 Å². The Morgan fingerprint density at radius 2 is 2.00 bits per heavy atom. The number of methoxy groups -OCH3 is 1. The maximum atomic E-state index is 12.0. The molecular formula is C21H23N3O2S.